The molecule has 6 heteroatoms. The fraction of sp³-hybridized carbons (Fsp3) is 0.333. The molecule has 98 valence electrons. The van der Waals surface area contributed by atoms with E-state index in [9.17, 15) is 9.59 Å². The van der Waals surface area contributed by atoms with Gasteiger partial charge in [-0.25, -0.2) is 4.79 Å². The van der Waals surface area contributed by atoms with Gasteiger partial charge in [-0.2, -0.15) is 0 Å². The molecule has 0 fully saturated rings. The standard InChI is InChI=1S/C12H16N2O4/c1-7-9(5-14-6-11(15)16)3-8(4-10(7)13)12(17)18-2/h3-4,14H,5-6,13H2,1-2H3,(H,15,16). The summed E-state index contributed by atoms with van der Waals surface area (Å²) >= 11 is 0. The number of carbonyl (C=O) groups is 2. The minimum Gasteiger partial charge on any atom is -0.480 e. The molecule has 0 aliphatic rings. The lowest BCUT2D eigenvalue weighted by molar-refractivity contribution is -0.136. The molecule has 0 spiro atoms. The maximum atomic E-state index is 11.4. The minimum absolute atomic E-state index is 0.151. The number of nitrogens with two attached hydrogens (primary N) is 1. The molecule has 0 aromatic heterocycles. The molecule has 0 amide bonds. The second-order valence-corrected chi connectivity index (χ2v) is 3.84. The van der Waals surface area contributed by atoms with E-state index in [1.165, 1.54) is 7.11 Å². The van der Waals surface area contributed by atoms with Crippen LogP contribution in [0.2, 0.25) is 0 Å². The Morgan fingerprint density at radius 3 is 2.67 bits per heavy atom. The molecule has 0 saturated heterocycles. The molecular formula is C12H16N2O4. The molecule has 0 bridgehead atoms. The number of carboxylic acids is 1. The summed E-state index contributed by atoms with van der Waals surface area (Å²) < 4.78 is 4.62. The van der Waals surface area contributed by atoms with Crippen LogP contribution in [0.4, 0.5) is 5.69 Å². The lowest BCUT2D eigenvalue weighted by atomic mass is 10.0. The number of benzene rings is 1. The first-order chi connectivity index (χ1) is 8.45. The Bertz CT molecular complexity index is 471. The van der Waals surface area contributed by atoms with Gasteiger partial charge in [-0.05, 0) is 30.2 Å². The highest BCUT2D eigenvalue weighted by molar-refractivity contribution is 5.91. The Morgan fingerprint density at radius 2 is 2.11 bits per heavy atom. The molecule has 18 heavy (non-hydrogen) atoms. The van der Waals surface area contributed by atoms with Crippen molar-refractivity contribution in [1.29, 1.82) is 0 Å². The highest BCUT2D eigenvalue weighted by Gasteiger charge is 2.11. The van der Waals surface area contributed by atoms with Gasteiger partial charge in [0, 0.05) is 12.2 Å². The maximum absolute atomic E-state index is 11.4. The average molecular weight is 252 g/mol. The number of carboxylic acid groups (broad SMARTS) is 1. The Balaban J connectivity index is 2.92. The van der Waals surface area contributed by atoms with E-state index in [-0.39, 0.29) is 6.54 Å². The summed E-state index contributed by atoms with van der Waals surface area (Å²) in [5.41, 5.74) is 8.22. The third-order valence-electron chi connectivity index (χ3n) is 2.57. The molecule has 4 N–H and O–H groups in total. The number of anilines is 1. The number of methoxy groups -OCH3 is 1. The first kappa shape index (κ1) is 14.0. The van der Waals surface area contributed by atoms with Crippen molar-refractivity contribution in [2.24, 2.45) is 0 Å². The van der Waals surface area contributed by atoms with Crippen LogP contribution >= 0.6 is 0 Å². The van der Waals surface area contributed by atoms with Crippen LogP contribution in [-0.4, -0.2) is 30.7 Å². The predicted octanol–water partition coefficient (Wildman–Crippen LogP) is 0.538. The Morgan fingerprint density at radius 1 is 1.44 bits per heavy atom. The van der Waals surface area contributed by atoms with E-state index in [1.807, 2.05) is 6.92 Å². The van der Waals surface area contributed by atoms with E-state index in [1.54, 1.807) is 12.1 Å². The largest absolute Gasteiger partial charge is 0.480 e. The molecule has 0 aliphatic carbocycles. The zero-order valence-corrected chi connectivity index (χ0v) is 10.3. The van der Waals surface area contributed by atoms with E-state index < -0.39 is 11.9 Å². The van der Waals surface area contributed by atoms with Gasteiger partial charge in [-0.1, -0.05) is 0 Å². The van der Waals surface area contributed by atoms with Gasteiger partial charge in [0.25, 0.3) is 0 Å². The lowest BCUT2D eigenvalue weighted by Gasteiger charge is -2.11. The summed E-state index contributed by atoms with van der Waals surface area (Å²) in [5.74, 6) is -1.41. The Labute approximate surface area is 105 Å². The van der Waals surface area contributed by atoms with Crippen LogP contribution in [0.25, 0.3) is 0 Å². The van der Waals surface area contributed by atoms with Gasteiger partial charge in [0.05, 0.1) is 19.2 Å². The molecular weight excluding hydrogens is 236 g/mol. The summed E-state index contributed by atoms with van der Waals surface area (Å²) in [4.78, 5) is 21.8. The monoisotopic (exact) mass is 252 g/mol. The number of aliphatic carboxylic acids is 1. The van der Waals surface area contributed by atoms with Crippen LogP contribution in [0, 0.1) is 6.92 Å². The van der Waals surface area contributed by atoms with E-state index in [0.717, 1.165) is 11.1 Å². The van der Waals surface area contributed by atoms with Crippen molar-refractivity contribution >= 4 is 17.6 Å². The zero-order chi connectivity index (χ0) is 13.7. The quantitative estimate of drug-likeness (QED) is 0.522. The number of hydrogen-bond donors (Lipinski definition) is 3. The second-order valence-electron chi connectivity index (χ2n) is 3.84. The van der Waals surface area contributed by atoms with E-state index in [2.05, 4.69) is 10.1 Å². The van der Waals surface area contributed by atoms with Gasteiger partial charge in [0.2, 0.25) is 0 Å². The van der Waals surface area contributed by atoms with Crippen molar-refractivity contribution in [2.45, 2.75) is 13.5 Å². The predicted molar refractivity (Wildman–Crippen MR) is 66.3 cm³/mol. The van der Waals surface area contributed by atoms with Crippen molar-refractivity contribution in [3.05, 3.63) is 28.8 Å². The molecule has 0 aliphatic heterocycles. The van der Waals surface area contributed by atoms with Crippen molar-refractivity contribution in [1.82, 2.24) is 5.32 Å². The van der Waals surface area contributed by atoms with Gasteiger partial charge in [0.1, 0.15) is 0 Å². The van der Waals surface area contributed by atoms with Crippen molar-refractivity contribution in [3.63, 3.8) is 0 Å². The smallest absolute Gasteiger partial charge is 0.337 e. The van der Waals surface area contributed by atoms with Crippen LogP contribution in [0.15, 0.2) is 12.1 Å². The van der Waals surface area contributed by atoms with Crippen LogP contribution in [0.3, 0.4) is 0 Å². The molecule has 1 aromatic rings. The van der Waals surface area contributed by atoms with Gasteiger partial charge in [0.15, 0.2) is 0 Å². The fourth-order valence-corrected chi connectivity index (χ4v) is 1.52. The number of carbonyl (C=O) groups excluding carboxylic acids is 1. The third-order valence-corrected chi connectivity index (χ3v) is 2.57. The normalized spacial score (nSPS) is 10.1. The lowest BCUT2D eigenvalue weighted by Crippen LogP contribution is -2.22. The van der Waals surface area contributed by atoms with Crippen molar-refractivity contribution in [3.8, 4) is 0 Å². The Kier molecular flexibility index (Phi) is 4.67. The second kappa shape index (κ2) is 6.02. The molecule has 0 radical (unpaired) electrons. The molecule has 6 nitrogen and oxygen atoms in total. The number of rotatable bonds is 5. The van der Waals surface area contributed by atoms with Gasteiger partial charge < -0.3 is 20.9 Å². The Hall–Kier alpha value is -2.08. The van der Waals surface area contributed by atoms with Gasteiger partial charge in [-0.3, -0.25) is 4.79 Å². The summed E-state index contributed by atoms with van der Waals surface area (Å²) in [7, 11) is 1.29. The third kappa shape index (κ3) is 3.46. The number of esters is 1. The van der Waals surface area contributed by atoms with E-state index >= 15 is 0 Å². The van der Waals surface area contributed by atoms with Gasteiger partial charge in [-0.15, -0.1) is 0 Å². The molecule has 1 rings (SSSR count). The minimum atomic E-state index is -0.940. The molecule has 0 atom stereocenters. The SMILES string of the molecule is COC(=O)c1cc(N)c(C)c(CNCC(=O)O)c1. The van der Waals surface area contributed by atoms with E-state index in [0.29, 0.717) is 17.8 Å². The topological polar surface area (TPSA) is 102 Å². The molecule has 0 unspecified atom stereocenters. The van der Waals surface area contributed by atoms with E-state index in [4.69, 9.17) is 10.8 Å². The van der Waals surface area contributed by atoms with Gasteiger partial charge >= 0.3 is 11.9 Å². The van der Waals surface area contributed by atoms with Crippen LogP contribution in [0.5, 0.6) is 0 Å². The highest BCUT2D eigenvalue weighted by atomic mass is 16.5. The van der Waals surface area contributed by atoms with Crippen LogP contribution in [-0.2, 0) is 16.1 Å². The van der Waals surface area contributed by atoms with Crippen LogP contribution < -0.4 is 11.1 Å². The number of nitrogen functional groups attached to an aromatic ring is 1. The first-order valence-corrected chi connectivity index (χ1v) is 5.35. The highest BCUT2D eigenvalue weighted by Crippen LogP contribution is 2.19. The zero-order valence-electron chi connectivity index (χ0n) is 10.3. The fourth-order valence-electron chi connectivity index (χ4n) is 1.52. The molecule has 1 aromatic carbocycles. The summed E-state index contributed by atoms with van der Waals surface area (Å²) in [6, 6.07) is 3.19. The molecule has 0 heterocycles. The maximum Gasteiger partial charge on any atom is 0.337 e. The number of ether oxygens (including phenoxy) is 1. The first-order valence-electron chi connectivity index (χ1n) is 5.35. The van der Waals surface area contributed by atoms with Crippen molar-refractivity contribution < 1.29 is 19.4 Å². The number of hydrogen-bond acceptors (Lipinski definition) is 5. The summed E-state index contributed by atoms with van der Waals surface area (Å²) in [5, 5.41) is 11.3. The molecule has 0 saturated carbocycles. The average Bonchev–Trinajstić information content (AvgIpc) is 2.32. The number of nitrogens with one attached hydrogen (secondary N) is 1. The summed E-state index contributed by atoms with van der Waals surface area (Å²) in [6.07, 6.45) is 0. The summed E-state index contributed by atoms with van der Waals surface area (Å²) in [6.45, 7) is 1.99. The van der Waals surface area contributed by atoms with Crippen LogP contribution in [0.1, 0.15) is 21.5 Å². The van der Waals surface area contributed by atoms with Crippen molar-refractivity contribution in [2.75, 3.05) is 19.4 Å².